The van der Waals surface area contributed by atoms with Gasteiger partial charge in [-0.2, -0.15) is 5.10 Å². The third-order valence-electron chi connectivity index (χ3n) is 3.07. The fourth-order valence-corrected chi connectivity index (χ4v) is 2.63. The number of aryl methyl sites for hydroxylation is 1. The van der Waals surface area contributed by atoms with E-state index < -0.39 is 0 Å². The van der Waals surface area contributed by atoms with Crippen LogP contribution in [0.1, 0.15) is 18.7 Å². The van der Waals surface area contributed by atoms with E-state index in [0.29, 0.717) is 17.8 Å². The topological polar surface area (TPSA) is 62.6 Å². The smallest absolute Gasteiger partial charge is 0.180 e. The lowest BCUT2D eigenvalue weighted by atomic mass is 10.2. The van der Waals surface area contributed by atoms with E-state index in [2.05, 4.69) is 40.9 Å². The molecule has 1 aliphatic rings. The Morgan fingerprint density at radius 1 is 1.37 bits per heavy atom. The van der Waals surface area contributed by atoms with Gasteiger partial charge in [-0.15, -0.1) is 0 Å². The van der Waals surface area contributed by atoms with Crippen LogP contribution in [0.5, 0.6) is 0 Å². The summed E-state index contributed by atoms with van der Waals surface area (Å²) in [4.78, 5) is 14.1. The van der Waals surface area contributed by atoms with Crippen LogP contribution in [0.3, 0.4) is 0 Å². The Labute approximate surface area is 118 Å². The van der Waals surface area contributed by atoms with Gasteiger partial charge in [-0.05, 0) is 35.7 Å². The predicted octanol–water partition coefficient (Wildman–Crippen LogP) is 2.27. The van der Waals surface area contributed by atoms with Crippen LogP contribution < -0.4 is 4.90 Å². The van der Waals surface area contributed by atoms with E-state index in [4.69, 9.17) is 0 Å². The van der Waals surface area contributed by atoms with Gasteiger partial charge in [0.2, 0.25) is 0 Å². The van der Waals surface area contributed by atoms with Crippen molar-refractivity contribution in [3.8, 4) is 11.5 Å². The maximum Gasteiger partial charge on any atom is 0.180 e. The summed E-state index contributed by atoms with van der Waals surface area (Å²) in [6.07, 6.45) is 1.37. The van der Waals surface area contributed by atoms with Gasteiger partial charge in [0.15, 0.2) is 16.4 Å². The fraction of sp³-hybridized carbons (Fsp3) is 0.545. The molecule has 0 fully saturated rings. The van der Waals surface area contributed by atoms with Gasteiger partial charge in [-0.3, -0.25) is 4.39 Å². The van der Waals surface area contributed by atoms with Crippen molar-refractivity contribution in [3.05, 3.63) is 10.6 Å². The highest BCUT2D eigenvalue weighted by Gasteiger charge is 2.27. The number of rotatable bonds is 4. The average molecular weight is 329 g/mol. The van der Waals surface area contributed by atoms with E-state index in [9.17, 15) is 4.39 Å². The molecule has 0 spiro atoms. The van der Waals surface area contributed by atoms with Crippen LogP contribution in [0.4, 0.5) is 10.2 Å². The molecule has 0 bridgehead atoms. The summed E-state index contributed by atoms with van der Waals surface area (Å²) in [5.41, 5.74) is 0.860. The number of H-pyrrole nitrogens is 1. The van der Waals surface area contributed by atoms with Crippen molar-refractivity contribution in [2.75, 3.05) is 18.1 Å². The first-order valence-electron chi connectivity index (χ1n) is 6.17. The Morgan fingerprint density at radius 3 is 3.00 bits per heavy atom. The lowest BCUT2D eigenvalue weighted by Crippen LogP contribution is -2.32. The second kappa shape index (κ2) is 4.92. The highest BCUT2D eigenvalue weighted by atomic mass is 79.9. The summed E-state index contributed by atoms with van der Waals surface area (Å²) in [5, 5.41) is 4.36. The minimum absolute atomic E-state index is 0.279. The number of hydrogen-bond donors (Lipinski definition) is 1. The summed E-state index contributed by atoms with van der Waals surface area (Å²) >= 11 is 3.35. The van der Waals surface area contributed by atoms with Gasteiger partial charge in [0, 0.05) is 6.54 Å². The minimum Gasteiger partial charge on any atom is -0.335 e. The van der Waals surface area contributed by atoms with Crippen molar-refractivity contribution in [2.24, 2.45) is 0 Å². The molecule has 0 amide bonds. The zero-order chi connectivity index (χ0) is 13.4. The van der Waals surface area contributed by atoms with E-state index in [1.165, 1.54) is 0 Å². The zero-order valence-electron chi connectivity index (χ0n) is 10.5. The van der Waals surface area contributed by atoms with Crippen molar-refractivity contribution in [1.29, 1.82) is 0 Å². The first-order valence-corrected chi connectivity index (χ1v) is 6.96. The van der Waals surface area contributed by atoms with Gasteiger partial charge in [-0.25, -0.2) is 14.6 Å². The number of imidazole rings is 1. The SMILES string of the molecule is Cc1nc2n(n1)CN(CCCCF)c1nc(Br)[nH]c1-2. The Kier molecular flexibility index (Phi) is 3.26. The van der Waals surface area contributed by atoms with Crippen LogP contribution in [0, 0.1) is 6.92 Å². The maximum atomic E-state index is 12.2. The molecule has 0 aromatic carbocycles. The van der Waals surface area contributed by atoms with Gasteiger partial charge in [0.05, 0.1) is 6.67 Å². The van der Waals surface area contributed by atoms with E-state index in [1.807, 2.05) is 11.6 Å². The van der Waals surface area contributed by atoms with Gasteiger partial charge in [-0.1, -0.05) is 0 Å². The first kappa shape index (κ1) is 12.6. The van der Waals surface area contributed by atoms with Crippen LogP contribution in [-0.4, -0.2) is 38.0 Å². The number of alkyl halides is 1. The van der Waals surface area contributed by atoms with Crippen molar-refractivity contribution >= 4 is 21.7 Å². The molecule has 0 unspecified atom stereocenters. The standard InChI is InChI=1S/C11H14BrFN6/c1-7-14-10-8-9(16-11(12)15-8)18(5-3-2-4-13)6-19(10)17-7/h2-6H2,1H3,(H,15,16). The average Bonchev–Trinajstić information content (AvgIpc) is 2.91. The number of hydrogen-bond acceptors (Lipinski definition) is 4. The number of anilines is 1. The number of nitrogens with zero attached hydrogens (tertiary/aromatic N) is 5. The number of fused-ring (bicyclic) bond motifs is 3. The summed E-state index contributed by atoms with van der Waals surface area (Å²) < 4.78 is 14.7. The number of aromatic amines is 1. The molecule has 8 heteroatoms. The van der Waals surface area contributed by atoms with Crippen molar-refractivity contribution in [3.63, 3.8) is 0 Å². The predicted molar refractivity (Wildman–Crippen MR) is 72.6 cm³/mol. The largest absolute Gasteiger partial charge is 0.335 e. The van der Waals surface area contributed by atoms with Crippen molar-refractivity contribution in [1.82, 2.24) is 24.7 Å². The molecular weight excluding hydrogens is 315 g/mol. The summed E-state index contributed by atoms with van der Waals surface area (Å²) in [6.45, 7) is 2.95. The Hall–Kier alpha value is -1.44. The second-order valence-electron chi connectivity index (χ2n) is 4.51. The van der Waals surface area contributed by atoms with Crippen LogP contribution >= 0.6 is 15.9 Å². The van der Waals surface area contributed by atoms with E-state index in [1.54, 1.807) is 0 Å². The van der Waals surface area contributed by atoms with Crippen molar-refractivity contribution < 1.29 is 4.39 Å². The quantitative estimate of drug-likeness (QED) is 0.874. The van der Waals surface area contributed by atoms with E-state index in [0.717, 1.165) is 36.1 Å². The molecule has 0 saturated carbocycles. The molecule has 3 rings (SSSR count). The van der Waals surface area contributed by atoms with Crippen molar-refractivity contribution in [2.45, 2.75) is 26.4 Å². The third-order valence-corrected chi connectivity index (χ3v) is 3.45. The molecule has 2 aromatic heterocycles. The number of unbranched alkanes of at least 4 members (excludes halogenated alkanes) is 1. The van der Waals surface area contributed by atoms with Crippen LogP contribution in [-0.2, 0) is 6.67 Å². The molecule has 0 saturated heterocycles. The first-order chi connectivity index (χ1) is 9.19. The Balaban J connectivity index is 1.94. The van der Waals surface area contributed by atoms with Crippen LogP contribution in [0.25, 0.3) is 11.5 Å². The Morgan fingerprint density at radius 2 is 2.21 bits per heavy atom. The molecule has 1 N–H and O–H groups in total. The normalized spacial score (nSPS) is 13.5. The fourth-order valence-electron chi connectivity index (χ4n) is 2.26. The highest BCUT2D eigenvalue weighted by Crippen LogP contribution is 2.33. The van der Waals surface area contributed by atoms with Gasteiger partial charge in [0.1, 0.15) is 18.2 Å². The minimum atomic E-state index is -0.279. The molecule has 19 heavy (non-hydrogen) atoms. The molecular formula is C11H14BrFN6. The molecule has 0 radical (unpaired) electrons. The second-order valence-corrected chi connectivity index (χ2v) is 5.26. The molecule has 6 nitrogen and oxygen atoms in total. The van der Waals surface area contributed by atoms with Gasteiger partial charge < -0.3 is 9.88 Å². The van der Waals surface area contributed by atoms with Crippen LogP contribution in [0.2, 0.25) is 0 Å². The molecule has 2 aromatic rings. The molecule has 1 aliphatic heterocycles. The molecule has 0 atom stereocenters. The number of halogens is 2. The zero-order valence-corrected chi connectivity index (χ0v) is 12.1. The third kappa shape index (κ3) is 2.24. The van der Waals surface area contributed by atoms with E-state index >= 15 is 0 Å². The van der Waals surface area contributed by atoms with Crippen LogP contribution in [0.15, 0.2) is 4.73 Å². The lowest BCUT2D eigenvalue weighted by molar-refractivity contribution is 0.454. The summed E-state index contributed by atoms with van der Waals surface area (Å²) in [6, 6.07) is 0. The number of nitrogens with one attached hydrogen (secondary N) is 1. The molecule has 3 heterocycles. The molecule has 0 aliphatic carbocycles. The lowest BCUT2D eigenvalue weighted by Gasteiger charge is -2.27. The number of aromatic nitrogens is 5. The summed E-state index contributed by atoms with van der Waals surface area (Å²) in [5.74, 6) is 2.38. The maximum absolute atomic E-state index is 12.2. The Bertz CT molecular complexity index is 592. The molecule has 102 valence electrons. The van der Waals surface area contributed by atoms with Gasteiger partial charge in [0.25, 0.3) is 0 Å². The highest BCUT2D eigenvalue weighted by molar-refractivity contribution is 9.10. The van der Waals surface area contributed by atoms with E-state index in [-0.39, 0.29) is 6.67 Å². The van der Waals surface area contributed by atoms with Gasteiger partial charge >= 0.3 is 0 Å². The monoisotopic (exact) mass is 328 g/mol. The summed E-state index contributed by atoms with van der Waals surface area (Å²) in [7, 11) is 0.